The molecule has 0 saturated carbocycles. The lowest BCUT2D eigenvalue weighted by molar-refractivity contribution is 0.0673. The Kier molecular flexibility index (Phi) is 6.30. The van der Waals surface area contributed by atoms with Gasteiger partial charge in [0.15, 0.2) is 0 Å². The molecular formula is C21H29N5O3. The number of amides is 1. The number of likely N-dealkylation sites (tertiary alicyclic amines) is 1. The molecule has 1 saturated heterocycles. The van der Waals surface area contributed by atoms with Gasteiger partial charge in [-0.15, -0.1) is 0 Å². The first-order valence-corrected chi connectivity index (χ1v) is 10.2. The van der Waals surface area contributed by atoms with E-state index in [0.717, 1.165) is 18.5 Å². The summed E-state index contributed by atoms with van der Waals surface area (Å²) in [6.07, 6.45) is 3.26. The van der Waals surface area contributed by atoms with Gasteiger partial charge in [-0.1, -0.05) is 13.8 Å². The molecule has 0 unspecified atom stereocenters. The van der Waals surface area contributed by atoms with E-state index in [1.165, 1.54) is 16.8 Å². The molecule has 0 aromatic carbocycles. The van der Waals surface area contributed by atoms with Crippen LogP contribution in [0.2, 0.25) is 0 Å². The molecule has 0 spiro atoms. The minimum atomic E-state index is -0.210. The molecule has 8 nitrogen and oxygen atoms in total. The number of hydrogen-bond donors (Lipinski definition) is 0. The lowest BCUT2D eigenvalue weighted by Gasteiger charge is -2.32. The van der Waals surface area contributed by atoms with E-state index in [4.69, 9.17) is 0 Å². The molecule has 2 aromatic rings. The molecule has 0 atom stereocenters. The second kappa shape index (κ2) is 8.71. The first-order valence-electron chi connectivity index (χ1n) is 10.2. The SMILES string of the molecule is CC(C)c1cc(=O)n(CC2CCN(C(=O)c3ccc(=O)n(C(C)C)n3)CC2)cn1. The number of carbonyl (C=O) groups excluding carboxylic acids is 1. The van der Waals surface area contributed by atoms with Crippen LogP contribution < -0.4 is 11.1 Å². The molecular weight excluding hydrogens is 370 g/mol. The maximum Gasteiger partial charge on any atom is 0.274 e. The van der Waals surface area contributed by atoms with E-state index in [1.807, 2.05) is 27.7 Å². The Bertz CT molecular complexity index is 984. The van der Waals surface area contributed by atoms with Gasteiger partial charge in [0.1, 0.15) is 5.69 Å². The Morgan fingerprint density at radius 1 is 1.10 bits per heavy atom. The third-order valence-corrected chi connectivity index (χ3v) is 5.38. The fraction of sp³-hybridized carbons (Fsp3) is 0.571. The Hall–Kier alpha value is -2.77. The van der Waals surface area contributed by atoms with Gasteiger partial charge >= 0.3 is 0 Å². The van der Waals surface area contributed by atoms with E-state index >= 15 is 0 Å². The van der Waals surface area contributed by atoms with Crippen molar-refractivity contribution in [2.45, 2.75) is 59.0 Å². The van der Waals surface area contributed by atoms with Crippen LogP contribution in [0.4, 0.5) is 0 Å². The van der Waals surface area contributed by atoms with E-state index in [-0.39, 0.29) is 29.0 Å². The average molecular weight is 399 g/mol. The topological polar surface area (TPSA) is 90.1 Å². The molecule has 29 heavy (non-hydrogen) atoms. The summed E-state index contributed by atoms with van der Waals surface area (Å²) in [6, 6.07) is 4.40. The van der Waals surface area contributed by atoms with E-state index in [9.17, 15) is 14.4 Å². The predicted octanol–water partition coefficient (Wildman–Crippen LogP) is 2.06. The van der Waals surface area contributed by atoms with Crippen LogP contribution in [0.1, 0.15) is 68.7 Å². The number of aromatic nitrogens is 4. The van der Waals surface area contributed by atoms with E-state index in [1.54, 1.807) is 21.9 Å². The number of rotatable bonds is 5. The summed E-state index contributed by atoms with van der Waals surface area (Å²) < 4.78 is 2.99. The molecule has 1 amide bonds. The largest absolute Gasteiger partial charge is 0.337 e. The zero-order valence-electron chi connectivity index (χ0n) is 17.5. The monoisotopic (exact) mass is 399 g/mol. The van der Waals surface area contributed by atoms with Crippen LogP contribution in [0.5, 0.6) is 0 Å². The predicted molar refractivity (Wildman–Crippen MR) is 110 cm³/mol. The first kappa shape index (κ1) is 21.0. The second-order valence-corrected chi connectivity index (χ2v) is 8.29. The summed E-state index contributed by atoms with van der Waals surface area (Å²) in [5, 5.41) is 4.23. The molecule has 3 heterocycles. The summed E-state index contributed by atoms with van der Waals surface area (Å²) >= 11 is 0. The van der Waals surface area contributed by atoms with Gasteiger partial charge in [-0.2, -0.15) is 5.10 Å². The zero-order valence-corrected chi connectivity index (χ0v) is 17.5. The van der Waals surface area contributed by atoms with Crippen LogP contribution in [0.25, 0.3) is 0 Å². The summed E-state index contributed by atoms with van der Waals surface area (Å²) in [5.74, 6) is 0.393. The van der Waals surface area contributed by atoms with Crippen LogP contribution in [0.3, 0.4) is 0 Å². The van der Waals surface area contributed by atoms with Crippen LogP contribution in [-0.4, -0.2) is 43.2 Å². The maximum atomic E-state index is 12.8. The molecule has 1 aliphatic heterocycles. The van der Waals surface area contributed by atoms with Crippen LogP contribution in [-0.2, 0) is 6.54 Å². The fourth-order valence-electron chi connectivity index (χ4n) is 3.56. The number of nitrogens with zero attached hydrogens (tertiary/aromatic N) is 5. The fourth-order valence-corrected chi connectivity index (χ4v) is 3.56. The van der Waals surface area contributed by atoms with Crippen LogP contribution >= 0.6 is 0 Å². The third-order valence-electron chi connectivity index (χ3n) is 5.38. The number of carbonyl (C=O) groups is 1. The van der Waals surface area contributed by atoms with Gasteiger partial charge in [0.25, 0.3) is 17.0 Å². The summed E-state index contributed by atoms with van der Waals surface area (Å²) in [6.45, 7) is 9.58. The lowest BCUT2D eigenvalue weighted by Crippen LogP contribution is -2.41. The minimum absolute atomic E-state index is 0.0256. The van der Waals surface area contributed by atoms with Crippen molar-refractivity contribution >= 4 is 5.91 Å². The molecule has 0 N–H and O–H groups in total. The summed E-state index contributed by atoms with van der Waals surface area (Å²) in [4.78, 5) is 43.1. The van der Waals surface area contributed by atoms with Crippen molar-refractivity contribution in [2.75, 3.05) is 13.1 Å². The lowest BCUT2D eigenvalue weighted by atomic mass is 9.96. The van der Waals surface area contributed by atoms with Crippen molar-refractivity contribution < 1.29 is 4.79 Å². The Morgan fingerprint density at radius 3 is 2.38 bits per heavy atom. The van der Waals surface area contributed by atoms with Crippen molar-refractivity contribution in [2.24, 2.45) is 5.92 Å². The van der Waals surface area contributed by atoms with Crippen molar-refractivity contribution in [1.29, 1.82) is 0 Å². The molecule has 8 heteroatoms. The molecule has 0 bridgehead atoms. The highest BCUT2D eigenvalue weighted by molar-refractivity contribution is 5.92. The molecule has 3 rings (SSSR count). The summed E-state index contributed by atoms with van der Waals surface area (Å²) in [7, 11) is 0. The van der Waals surface area contributed by atoms with Crippen LogP contribution in [0, 0.1) is 5.92 Å². The van der Waals surface area contributed by atoms with Crippen molar-refractivity contribution in [1.82, 2.24) is 24.2 Å². The van der Waals surface area contributed by atoms with Crippen molar-refractivity contribution in [3.63, 3.8) is 0 Å². The molecule has 1 fully saturated rings. The molecule has 1 aliphatic rings. The number of piperidine rings is 1. The highest BCUT2D eigenvalue weighted by atomic mass is 16.2. The van der Waals surface area contributed by atoms with Gasteiger partial charge in [-0.3, -0.25) is 19.0 Å². The van der Waals surface area contributed by atoms with Crippen molar-refractivity contribution in [3.05, 3.63) is 56.6 Å². The highest BCUT2D eigenvalue weighted by Crippen LogP contribution is 2.20. The minimum Gasteiger partial charge on any atom is -0.337 e. The van der Waals surface area contributed by atoms with E-state index in [2.05, 4.69) is 10.1 Å². The quantitative estimate of drug-likeness (QED) is 0.768. The Morgan fingerprint density at radius 2 is 1.79 bits per heavy atom. The molecule has 2 aromatic heterocycles. The van der Waals surface area contributed by atoms with Gasteiger partial charge in [0, 0.05) is 31.8 Å². The van der Waals surface area contributed by atoms with E-state index < -0.39 is 0 Å². The molecule has 0 radical (unpaired) electrons. The third kappa shape index (κ3) is 4.81. The molecule has 156 valence electrons. The highest BCUT2D eigenvalue weighted by Gasteiger charge is 2.25. The normalized spacial score (nSPS) is 15.3. The first-order chi connectivity index (χ1) is 13.8. The Balaban J connectivity index is 1.62. The van der Waals surface area contributed by atoms with Gasteiger partial charge < -0.3 is 4.90 Å². The van der Waals surface area contributed by atoms with E-state index in [0.29, 0.717) is 31.2 Å². The smallest absolute Gasteiger partial charge is 0.274 e. The van der Waals surface area contributed by atoms with Gasteiger partial charge in [0.2, 0.25) is 0 Å². The summed E-state index contributed by atoms with van der Waals surface area (Å²) in [5.41, 5.74) is 0.864. The van der Waals surface area contributed by atoms with Crippen molar-refractivity contribution in [3.8, 4) is 0 Å². The standard InChI is InChI=1S/C21H29N5O3/c1-14(2)18-11-20(28)25(13-22-18)12-16-7-9-24(10-8-16)21(29)17-5-6-19(27)26(23-17)15(3)4/h5-6,11,13-16H,7-10,12H2,1-4H3. The van der Waals surface area contributed by atoms with Gasteiger partial charge in [-0.05, 0) is 44.6 Å². The zero-order chi connectivity index (χ0) is 21.1. The Labute approximate surface area is 170 Å². The van der Waals surface area contributed by atoms with Crippen LogP contribution in [0.15, 0.2) is 34.1 Å². The number of hydrogen-bond acceptors (Lipinski definition) is 5. The maximum absolute atomic E-state index is 12.8. The average Bonchev–Trinajstić information content (AvgIpc) is 2.69. The van der Waals surface area contributed by atoms with Gasteiger partial charge in [0.05, 0.1) is 18.1 Å². The second-order valence-electron chi connectivity index (χ2n) is 8.29. The van der Waals surface area contributed by atoms with Gasteiger partial charge in [-0.25, -0.2) is 9.67 Å². The molecule has 0 aliphatic carbocycles.